The number of nitriles is 2. The first kappa shape index (κ1) is 60.8. The molecule has 6 aromatic carbocycles. The molecule has 2 aliphatic heterocycles. The van der Waals surface area contributed by atoms with E-state index in [4.69, 9.17) is 43.7 Å². The average molecular weight is 1250 g/mol. The standard InChI is InChI=1S/C66H46F8N8O9/c1-85-57-31-87-29-55(57)81-53-19-39(17-49(73)63(53)79-59(81)21-37-15-47(71)41(23-45(37)69)51-5-3-7-61(77-51)89-27-35-11-9-33(25-75)13-43(35)67)65(83)91-66(84)40-18-50(74)64-54(20-40)82(56-30-88-32-58(56)86-2)60(80-64)22-38-16-48(72)42(24-46(38)70)52-6-4-8-62(78-52)90-28-36-12-10-34(26-76)14-44(36)68/h3-20,23-24,55-58H,21-22,27-32H2,1-2H3/t55-,56-,57+,58+/m0/s1. The first-order valence-corrected chi connectivity index (χ1v) is 27.9. The monoisotopic (exact) mass is 1250 g/mol. The second-order valence-electron chi connectivity index (χ2n) is 21.2. The molecule has 17 nitrogen and oxygen atoms in total. The van der Waals surface area contributed by atoms with Crippen molar-refractivity contribution in [2.24, 2.45) is 0 Å². The van der Waals surface area contributed by atoms with Crippen molar-refractivity contribution in [2.45, 2.75) is 50.3 Å². The lowest BCUT2D eigenvalue weighted by atomic mass is 10.0. The Bertz CT molecular complexity index is 4360. The van der Waals surface area contributed by atoms with Crippen molar-refractivity contribution in [3.63, 3.8) is 0 Å². The van der Waals surface area contributed by atoms with Gasteiger partial charge in [0, 0.05) is 61.4 Å². The normalized spacial score (nSPS) is 16.3. The number of fused-ring (bicyclic) bond motifs is 2. The van der Waals surface area contributed by atoms with E-state index in [0.29, 0.717) is 0 Å². The van der Waals surface area contributed by atoms with E-state index in [1.807, 2.05) is 12.1 Å². The van der Waals surface area contributed by atoms with Gasteiger partial charge in [0.1, 0.15) is 83.0 Å². The van der Waals surface area contributed by atoms with Crippen LogP contribution in [0, 0.1) is 69.2 Å². The van der Waals surface area contributed by atoms with Gasteiger partial charge in [0.25, 0.3) is 0 Å². The van der Waals surface area contributed by atoms with E-state index >= 15 is 26.3 Å². The van der Waals surface area contributed by atoms with Crippen LogP contribution in [0.25, 0.3) is 44.6 Å². The summed E-state index contributed by atoms with van der Waals surface area (Å²) in [6.45, 7) is -0.476. The number of hydrogen-bond acceptors (Lipinski definition) is 15. The van der Waals surface area contributed by atoms with Crippen LogP contribution in [-0.4, -0.2) is 93.9 Å². The van der Waals surface area contributed by atoms with Crippen molar-refractivity contribution >= 4 is 34.0 Å². The number of rotatable bonds is 18. The Morgan fingerprint density at radius 2 is 0.912 bits per heavy atom. The van der Waals surface area contributed by atoms with Crippen LogP contribution in [0.2, 0.25) is 0 Å². The number of ether oxygens (including phenoxy) is 7. The van der Waals surface area contributed by atoms with E-state index in [1.54, 1.807) is 0 Å². The molecule has 4 aromatic heterocycles. The largest absolute Gasteiger partial charge is 0.473 e. The number of carbonyl (C=O) groups excluding carboxylic acids is 2. The molecule has 12 rings (SSSR count). The SMILES string of the molecule is CO[C@@H]1COC[C@@H]1n1c(Cc2cc(F)c(-c3cccc(OCc4ccc(C#N)cc4F)n3)cc2F)nc2c(F)cc(C(=O)OC(=O)c3cc(F)c4nc(Cc5cc(F)c(-c6cccc(OCc7ccc(C#N)cc7F)n6)cc5F)n([C@H]5COC[C@H]5OC)c4c3)cc21. The summed E-state index contributed by atoms with van der Waals surface area (Å²) in [6, 6.07) is 26.1. The second-order valence-corrected chi connectivity index (χ2v) is 21.2. The zero-order valence-electron chi connectivity index (χ0n) is 47.8. The molecular weight excluding hydrogens is 1200 g/mol. The highest BCUT2D eigenvalue weighted by molar-refractivity contribution is 6.05. The molecular formula is C66H46F8N8O9. The lowest BCUT2D eigenvalue weighted by molar-refractivity contribution is 0.0397. The van der Waals surface area contributed by atoms with Crippen LogP contribution in [-0.2, 0) is 49.7 Å². The third-order valence-electron chi connectivity index (χ3n) is 15.7. The highest BCUT2D eigenvalue weighted by Gasteiger charge is 2.36. The first-order chi connectivity index (χ1) is 44.0. The van der Waals surface area contributed by atoms with Gasteiger partial charge in [-0.2, -0.15) is 10.5 Å². The number of hydrogen-bond donors (Lipinski definition) is 0. The Hall–Kier alpha value is -10.4. The first-order valence-electron chi connectivity index (χ1n) is 27.9. The van der Waals surface area contributed by atoms with Gasteiger partial charge in [0.2, 0.25) is 11.8 Å². The van der Waals surface area contributed by atoms with E-state index in [1.165, 1.54) is 96.2 Å². The quantitative estimate of drug-likeness (QED) is 0.0445. The summed E-state index contributed by atoms with van der Waals surface area (Å²) in [4.78, 5) is 45.6. The molecule has 0 aliphatic carbocycles. The van der Waals surface area contributed by atoms with Crippen molar-refractivity contribution in [1.29, 1.82) is 10.5 Å². The van der Waals surface area contributed by atoms with Gasteiger partial charge in [0.05, 0.1) is 95.3 Å². The molecule has 460 valence electrons. The number of nitrogens with zero attached hydrogens (tertiary/aromatic N) is 8. The number of halogens is 8. The summed E-state index contributed by atoms with van der Waals surface area (Å²) in [5.74, 6) is -9.96. The molecule has 2 fully saturated rings. The molecule has 4 atom stereocenters. The third-order valence-corrected chi connectivity index (χ3v) is 15.7. The Balaban J connectivity index is 0.805. The van der Waals surface area contributed by atoms with Gasteiger partial charge in [-0.25, -0.2) is 64.6 Å². The maximum absolute atomic E-state index is 16.4. The van der Waals surface area contributed by atoms with Gasteiger partial charge in [0.15, 0.2) is 11.6 Å². The second kappa shape index (κ2) is 25.6. The number of carbonyl (C=O) groups is 2. The molecule has 0 saturated carbocycles. The predicted octanol–water partition coefficient (Wildman–Crippen LogP) is 11.9. The number of benzene rings is 6. The zero-order valence-corrected chi connectivity index (χ0v) is 47.8. The van der Waals surface area contributed by atoms with Gasteiger partial charge in [-0.1, -0.05) is 24.3 Å². The van der Waals surface area contributed by atoms with Crippen molar-refractivity contribution < 1.29 is 77.9 Å². The molecule has 0 radical (unpaired) electrons. The molecule has 91 heavy (non-hydrogen) atoms. The van der Waals surface area contributed by atoms with Crippen molar-refractivity contribution in [1.82, 2.24) is 29.1 Å². The van der Waals surface area contributed by atoms with Crippen LogP contribution >= 0.6 is 0 Å². The number of esters is 2. The summed E-state index contributed by atoms with van der Waals surface area (Å²) < 4.78 is 169. The number of methoxy groups -OCH3 is 2. The highest BCUT2D eigenvalue weighted by atomic mass is 19.2. The maximum atomic E-state index is 16.4. The van der Waals surface area contributed by atoms with Crippen LogP contribution in [0.4, 0.5) is 35.1 Å². The van der Waals surface area contributed by atoms with E-state index in [-0.39, 0.29) is 141 Å². The van der Waals surface area contributed by atoms with E-state index in [0.717, 1.165) is 48.5 Å². The topological polar surface area (TPSA) is 208 Å². The molecule has 10 aromatic rings. The lowest BCUT2D eigenvalue weighted by Gasteiger charge is -2.21. The Morgan fingerprint density at radius 3 is 1.31 bits per heavy atom. The molecule has 6 heterocycles. The number of pyridine rings is 2. The third kappa shape index (κ3) is 12.3. The molecule has 0 unspecified atom stereocenters. The summed E-state index contributed by atoms with van der Waals surface area (Å²) in [6.07, 6.45) is -2.23. The van der Waals surface area contributed by atoms with Gasteiger partial charge in [-0.3, -0.25) is 0 Å². The highest BCUT2D eigenvalue weighted by Crippen LogP contribution is 2.37. The molecule has 0 N–H and O–H groups in total. The van der Waals surface area contributed by atoms with E-state index in [9.17, 15) is 18.4 Å². The Labute approximate surface area is 511 Å². The molecule has 2 saturated heterocycles. The summed E-state index contributed by atoms with van der Waals surface area (Å²) in [5.41, 5.74) is -2.21. The summed E-state index contributed by atoms with van der Waals surface area (Å²) >= 11 is 0. The van der Waals surface area contributed by atoms with E-state index in [2.05, 4.69) is 19.9 Å². The summed E-state index contributed by atoms with van der Waals surface area (Å²) in [7, 11) is 2.82. The molecule has 0 bridgehead atoms. The number of aromatic nitrogens is 6. The Morgan fingerprint density at radius 1 is 0.495 bits per heavy atom. The van der Waals surface area contributed by atoms with Crippen molar-refractivity contribution in [3.05, 3.63) is 224 Å². The molecule has 2 aliphatic rings. The van der Waals surface area contributed by atoms with Crippen molar-refractivity contribution in [2.75, 3.05) is 40.6 Å². The fraction of sp³-hybridized carbons (Fsp3) is 0.212. The fourth-order valence-electron chi connectivity index (χ4n) is 11.0. The van der Waals surface area contributed by atoms with E-state index < -0.39 is 107 Å². The van der Waals surface area contributed by atoms with Crippen LogP contribution in [0.5, 0.6) is 11.8 Å². The molecule has 25 heteroatoms. The predicted molar refractivity (Wildman–Crippen MR) is 306 cm³/mol. The summed E-state index contributed by atoms with van der Waals surface area (Å²) in [5, 5.41) is 18.1. The van der Waals surface area contributed by atoms with Crippen LogP contribution < -0.4 is 9.47 Å². The fourth-order valence-corrected chi connectivity index (χ4v) is 11.0. The zero-order chi connectivity index (χ0) is 63.8. The lowest BCUT2D eigenvalue weighted by Crippen LogP contribution is -2.26. The van der Waals surface area contributed by atoms with Crippen LogP contribution in [0.3, 0.4) is 0 Å². The number of imidazole rings is 2. The Kier molecular flexibility index (Phi) is 17.1. The molecule has 0 spiro atoms. The smallest absolute Gasteiger partial charge is 0.346 e. The van der Waals surface area contributed by atoms with Gasteiger partial charge < -0.3 is 42.3 Å². The average Bonchev–Trinajstić information content (AvgIpc) is 1.65. The maximum Gasteiger partial charge on any atom is 0.346 e. The minimum Gasteiger partial charge on any atom is -0.473 e. The van der Waals surface area contributed by atoms with Crippen molar-refractivity contribution in [3.8, 4) is 46.4 Å². The molecule has 0 amide bonds. The van der Waals surface area contributed by atoms with Gasteiger partial charge in [-0.05, 0) is 96.1 Å². The van der Waals surface area contributed by atoms with Crippen LogP contribution in [0.1, 0.15) is 77.8 Å². The van der Waals surface area contributed by atoms with Crippen LogP contribution in [0.15, 0.2) is 121 Å². The van der Waals surface area contributed by atoms with Gasteiger partial charge >= 0.3 is 11.9 Å². The minimum absolute atomic E-state index is 0.00116. The minimum atomic E-state index is -1.38. The van der Waals surface area contributed by atoms with Gasteiger partial charge in [-0.15, -0.1) is 0 Å².